The molecule has 0 saturated heterocycles. The summed E-state index contributed by atoms with van der Waals surface area (Å²) in [7, 11) is 0. The molecule has 0 radical (unpaired) electrons. The lowest BCUT2D eigenvalue weighted by Gasteiger charge is -2.38. The summed E-state index contributed by atoms with van der Waals surface area (Å²) in [6.07, 6.45) is 26.1. The molecule has 0 aromatic rings. The van der Waals surface area contributed by atoms with Crippen LogP contribution < -0.4 is 22.2 Å². The van der Waals surface area contributed by atoms with Gasteiger partial charge in [0.05, 0.1) is 13.1 Å². The van der Waals surface area contributed by atoms with Gasteiger partial charge < -0.3 is 41.2 Å². The van der Waals surface area contributed by atoms with E-state index in [2.05, 4.69) is 13.8 Å². The van der Waals surface area contributed by atoms with Crippen LogP contribution in [0.4, 0.5) is 0 Å². The maximum atomic E-state index is 13.9. The van der Waals surface area contributed by atoms with E-state index in [1.165, 1.54) is 109 Å². The van der Waals surface area contributed by atoms with E-state index in [1.807, 2.05) is 5.32 Å². The number of rotatable bonds is 50. The van der Waals surface area contributed by atoms with Crippen molar-refractivity contribution in [3.05, 3.63) is 0 Å². The van der Waals surface area contributed by atoms with Gasteiger partial charge in [0.2, 0.25) is 11.8 Å². The summed E-state index contributed by atoms with van der Waals surface area (Å²) in [6, 6.07) is -1.72. The topological polar surface area (TPSA) is 312 Å². The molecular weight excluding hydrogens is 951 g/mol. The van der Waals surface area contributed by atoms with E-state index in [4.69, 9.17) is 27.6 Å². The first-order valence-electron chi connectivity index (χ1n) is 27.4. The van der Waals surface area contributed by atoms with Gasteiger partial charge in [-0.05, 0) is 25.7 Å². The Morgan fingerprint density at radius 3 is 1.50 bits per heavy atom. The smallest absolute Gasteiger partial charge is 0.326 e. The van der Waals surface area contributed by atoms with Crippen LogP contribution in [0.25, 0.3) is 0 Å². The van der Waals surface area contributed by atoms with Crippen LogP contribution in [0.5, 0.6) is 0 Å². The van der Waals surface area contributed by atoms with Gasteiger partial charge in [0.15, 0.2) is 12.7 Å². The molecule has 416 valence electrons. The minimum Gasteiger partial charge on any atom is -0.481 e. The Balaban J connectivity index is 5.59. The quantitative estimate of drug-likeness (QED) is 0.00760. The van der Waals surface area contributed by atoms with Crippen molar-refractivity contribution in [2.45, 2.75) is 243 Å². The number of carbonyl (C=O) groups is 9. The molecule has 0 aromatic heterocycles. The molecular formula is C52H93N5O14S. The molecule has 72 heavy (non-hydrogen) atoms. The van der Waals surface area contributed by atoms with Gasteiger partial charge in [-0.15, -0.1) is 0 Å². The number of nitrogens with one attached hydrogen (secondary N) is 2. The molecule has 0 rings (SSSR count). The number of carboxylic acids is 3. The third-order valence-corrected chi connectivity index (χ3v) is 13.6. The molecule has 0 saturated carbocycles. The van der Waals surface area contributed by atoms with Crippen LogP contribution >= 0.6 is 11.8 Å². The number of carbonyl (C=O) groups excluding carboxylic acids is 6. The number of hydrogen-bond donors (Lipinski definition) is 7. The van der Waals surface area contributed by atoms with Crippen LogP contribution in [0.3, 0.4) is 0 Å². The summed E-state index contributed by atoms with van der Waals surface area (Å²) in [4.78, 5) is 114. The van der Waals surface area contributed by atoms with Crippen molar-refractivity contribution in [2.75, 3.05) is 31.2 Å². The van der Waals surface area contributed by atoms with Crippen molar-refractivity contribution < 1.29 is 69.4 Å². The molecule has 0 spiro atoms. The fourth-order valence-electron chi connectivity index (χ4n) is 8.12. The standard InChI is InChI=1S/C52H93N5O14S/c1-3-5-7-9-11-13-15-17-19-21-23-25-27-29-48(65)70-39-41(71-49(66)30-28-26-24-22-20-18-16-14-12-10-8-6-4-2)40-72-36-34-45(60)57(54)52(43(58)37-53,35-33-47(63)64)51(69)55-38-44(59)56-42(50(67)68)31-32-46(61)62/h41-42H,3-40,53-54H2,1-2H3,(H,55,69)(H,56,59)(H,61,62)(H,63,64)(H,67,68)/t41-,42+,52-/m1/s1/i/hD. The van der Waals surface area contributed by atoms with E-state index in [-0.39, 0.29) is 41.3 Å². The van der Waals surface area contributed by atoms with Crippen molar-refractivity contribution in [2.24, 2.45) is 11.6 Å². The Bertz CT molecular complexity index is 1610. The van der Waals surface area contributed by atoms with Crippen molar-refractivity contribution in [1.82, 2.24) is 15.6 Å². The number of thioether (sulfide) groups is 1. The zero-order valence-corrected chi connectivity index (χ0v) is 44.6. The second kappa shape index (κ2) is 44.2. The van der Waals surface area contributed by atoms with Crippen molar-refractivity contribution in [3.63, 3.8) is 0 Å². The van der Waals surface area contributed by atoms with Gasteiger partial charge in [-0.25, -0.2) is 10.6 Å². The molecule has 0 aliphatic heterocycles. The Kier molecular flexibility index (Phi) is 40.3. The fourth-order valence-corrected chi connectivity index (χ4v) is 9.03. The van der Waals surface area contributed by atoms with Crippen LogP contribution in [0.15, 0.2) is 0 Å². The van der Waals surface area contributed by atoms with Crippen LogP contribution in [0.1, 0.15) is 226 Å². The molecule has 0 aliphatic rings. The van der Waals surface area contributed by atoms with E-state index < -0.39 is 116 Å². The van der Waals surface area contributed by atoms with E-state index in [0.29, 0.717) is 12.8 Å². The van der Waals surface area contributed by atoms with E-state index in [0.717, 1.165) is 56.7 Å². The van der Waals surface area contributed by atoms with E-state index >= 15 is 0 Å². The SMILES string of the molecule is [2H]N(CC(=O)N[C@@H](CCC(=O)O)C(=O)O)C(=O)[C@@](CCC(=O)O)(C(=O)CN)N(N)C(=O)CCSC[C@@H](COC(=O)CCCCCCCCCCCCCCC)OC(=O)CCCCCCCCCCCCCCC. The third kappa shape index (κ3) is 34.2. The summed E-state index contributed by atoms with van der Waals surface area (Å²) < 4.78 is 19.6. The first-order valence-corrected chi connectivity index (χ1v) is 28.1. The Morgan fingerprint density at radius 2 is 1.07 bits per heavy atom. The fraction of sp³-hybridized carbons (Fsp3) is 0.827. The average Bonchev–Trinajstić information content (AvgIpc) is 3.35. The van der Waals surface area contributed by atoms with Crippen LogP contribution in [-0.2, 0) is 52.6 Å². The Hall–Kier alpha value is -4.30. The number of hydrogen-bond acceptors (Lipinski definition) is 14. The number of unbranched alkanes of at least 4 members (excludes halogenated alkanes) is 24. The van der Waals surface area contributed by atoms with Gasteiger partial charge in [0.1, 0.15) is 18.8 Å². The number of hydrazine groups is 1. The van der Waals surface area contributed by atoms with Crippen molar-refractivity contribution >= 4 is 65.1 Å². The second-order valence-corrected chi connectivity index (χ2v) is 19.9. The molecule has 9 N–H and O–H groups in total. The Morgan fingerprint density at radius 1 is 0.625 bits per heavy atom. The maximum Gasteiger partial charge on any atom is 0.326 e. The van der Waals surface area contributed by atoms with Crippen molar-refractivity contribution in [1.29, 1.82) is 0 Å². The van der Waals surface area contributed by atoms with Crippen molar-refractivity contribution in [3.8, 4) is 0 Å². The molecule has 0 aromatic carbocycles. The summed E-state index contributed by atoms with van der Waals surface area (Å²) >= 11 is 1.12. The van der Waals surface area contributed by atoms with Gasteiger partial charge in [-0.2, -0.15) is 11.8 Å². The number of aliphatic carboxylic acids is 3. The number of carboxylic acid groups (broad SMARTS) is 3. The summed E-state index contributed by atoms with van der Waals surface area (Å²) in [6.45, 7) is 2.06. The number of nitrogens with two attached hydrogens (primary N) is 2. The van der Waals surface area contributed by atoms with E-state index in [1.54, 1.807) is 0 Å². The summed E-state index contributed by atoms with van der Waals surface area (Å²) in [5.74, 6) is -4.28. The lowest BCUT2D eigenvalue weighted by molar-refractivity contribution is -0.157. The normalized spacial score (nSPS) is 13.0. The number of ether oxygens (including phenoxy) is 2. The van der Waals surface area contributed by atoms with Gasteiger partial charge >= 0.3 is 29.8 Å². The first kappa shape index (κ1) is 65.7. The minimum atomic E-state index is -2.88. The molecule has 0 aliphatic carbocycles. The molecule has 3 amide bonds. The van der Waals surface area contributed by atoms with Gasteiger partial charge in [-0.3, -0.25) is 43.4 Å². The highest BCUT2D eigenvalue weighted by Crippen LogP contribution is 2.24. The highest BCUT2D eigenvalue weighted by molar-refractivity contribution is 7.99. The number of nitrogens with zero attached hydrogens (tertiary/aromatic N) is 1. The van der Waals surface area contributed by atoms with Crippen LogP contribution in [0.2, 0.25) is 1.41 Å². The molecule has 3 atom stereocenters. The van der Waals surface area contributed by atoms with Crippen LogP contribution in [0, 0.1) is 0 Å². The van der Waals surface area contributed by atoms with Gasteiger partial charge in [0.25, 0.3) is 5.91 Å². The zero-order chi connectivity index (χ0) is 54.7. The molecule has 20 heteroatoms. The maximum absolute atomic E-state index is 13.9. The first-order chi connectivity index (χ1) is 35.0. The lowest BCUT2D eigenvalue weighted by atomic mass is 9.86. The number of Topliss-reactive ketones (excluding diaryl/α,β-unsaturated/α-hetero) is 1. The molecule has 19 nitrogen and oxygen atoms in total. The lowest BCUT2D eigenvalue weighted by Crippen LogP contribution is -2.69. The van der Waals surface area contributed by atoms with Gasteiger partial charge in [-0.1, -0.05) is 168 Å². The largest absolute Gasteiger partial charge is 0.481 e. The second-order valence-electron chi connectivity index (χ2n) is 18.8. The highest BCUT2D eigenvalue weighted by Gasteiger charge is 2.51. The highest BCUT2D eigenvalue weighted by atomic mass is 32.2. The molecule has 0 bridgehead atoms. The predicted molar refractivity (Wildman–Crippen MR) is 278 cm³/mol. The number of ketones is 1. The zero-order valence-electron chi connectivity index (χ0n) is 44.8. The number of esters is 2. The third-order valence-electron chi connectivity index (χ3n) is 12.5. The predicted octanol–water partition coefficient (Wildman–Crippen LogP) is 7.91. The minimum absolute atomic E-state index is 0.0354. The Labute approximate surface area is 435 Å². The van der Waals surface area contributed by atoms with Gasteiger partial charge in [0, 0.05) is 43.6 Å². The van der Waals surface area contributed by atoms with Crippen LogP contribution in [-0.4, -0.2) is 123 Å². The molecule has 0 unspecified atom stereocenters. The summed E-state index contributed by atoms with van der Waals surface area (Å²) in [5, 5.41) is 29.9. The number of amides is 3. The monoisotopic (exact) mass is 1040 g/mol. The summed E-state index contributed by atoms with van der Waals surface area (Å²) in [5.41, 5.74) is 2.74. The molecule has 0 heterocycles. The average molecular weight is 1050 g/mol. The van der Waals surface area contributed by atoms with E-state index in [9.17, 15) is 53.4 Å². The molecule has 0 fully saturated rings.